The fourth-order valence-corrected chi connectivity index (χ4v) is 2.38. The lowest BCUT2D eigenvalue weighted by molar-refractivity contribution is 0.220. The highest BCUT2D eigenvalue weighted by molar-refractivity contribution is 7.98. The molecular formula is C14H12Cl2OS. The number of thioether (sulfide) groups is 1. The topological polar surface area (TPSA) is 20.2 Å². The molecule has 1 unspecified atom stereocenters. The van der Waals surface area contributed by atoms with Gasteiger partial charge < -0.3 is 5.11 Å². The molecule has 0 spiro atoms. The third-order valence-corrected chi connectivity index (χ3v) is 4.17. The molecule has 0 heterocycles. The number of aliphatic hydroxyl groups excluding tert-OH is 1. The second-order valence-electron chi connectivity index (χ2n) is 3.85. The summed E-state index contributed by atoms with van der Waals surface area (Å²) in [5.41, 5.74) is 1.58. The van der Waals surface area contributed by atoms with E-state index >= 15 is 0 Å². The van der Waals surface area contributed by atoms with E-state index in [0.29, 0.717) is 10.0 Å². The molecule has 0 aliphatic heterocycles. The van der Waals surface area contributed by atoms with Gasteiger partial charge in [0.2, 0.25) is 0 Å². The quantitative estimate of drug-likeness (QED) is 0.822. The van der Waals surface area contributed by atoms with E-state index in [1.165, 1.54) is 4.90 Å². The van der Waals surface area contributed by atoms with Gasteiger partial charge in [-0.05, 0) is 41.6 Å². The zero-order valence-corrected chi connectivity index (χ0v) is 12.1. The summed E-state index contributed by atoms with van der Waals surface area (Å²) in [5, 5.41) is 11.2. The maximum absolute atomic E-state index is 10.3. The molecular weight excluding hydrogens is 287 g/mol. The van der Waals surface area contributed by atoms with E-state index in [-0.39, 0.29) is 0 Å². The predicted molar refractivity (Wildman–Crippen MR) is 78.7 cm³/mol. The van der Waals surface area contributed by atoms with Crippen molar-refractivity contribution in [3.63, 3.8) is 0 Å². The fourth-order valence-electron chi connectivity index (χ4n) is 1.66. The molecule has 0 bridgehead atoms. The summed E-state index contributed by atoms with van der Waals surface area (Å²) >= 11 is 13.5. The molecule has 18 heavy (non-hydrogen) atoms. The maximum Gasteiger partial charge on any atom is 0.104 e. The van der Waals surface area contributed by atoms with E-state index in [9.17, 15) is 5.11 Å². The van der Waals surface area contributed by atoms with Gasteiger partial charge in [-0.1, -0.05) is 41.4 Å². The van der Waals surface area contributed by atoms with Crippen LogP contribution in [0.15, 0.2) is 47.4 Å². The normalized spacial score (nSPS) is 12.4. The first-order chi connectivity index (χ1) is 8.61. The van der Waals surface area contributed by atoms with Crippen molar-refractivity contribution in [2.45, 2.75) is 11.0 Å². The van der Waals surface area contributed by atoms with E-state index in [0.717, 1.165) is 11.1 Å². The largest absolute Gasteiger partial charge is 0.384 e. The molecule has 0 radical (unpaired) electrons. The number of rotatable bonds is 3. The lowest BCUT2D eigenvalue weighted by Crippen LogP contribution is -1.99. The summed E-state index contributed by atoms with van der Waals surface area (Å²) < 4.78 is 0. The minimum absolute atomic E-state index is 0.453. The first-order valence-corrected chi connectivity index (χ1v) is 7.37. The van der Waals surface area contributed by atoms with E-state index in [2.05, 4.69) is 0 Å². The molecule has 0 fully saturated rings. The van der Waals surface area contributed by atoms with Crippen LogP contribution in [0.1, 0.15) is 17.2 Å². The van der Waals surface area contributed by atoms with Crippen molar-refractivity contribution in [3.05, 3.63) is 63.6 Å². The van der Waals surface area contributed by atoms with Crippen LogP contribution < -0.4 is 0 Å². The standard InChI is InChI=1S/C14H12Cl2OS/c1-18-11-5-2-9(3-6-11)14(17)10-4-7-12(15)13(16)8-10/h2-8,14,17H,1H3. The van der Waals surface area contributed by atoms with E-state index in [1.54, 1.807) is 30.0 Å². The molecule has 0 aliphatic carbocycles. The molecule has 0 saturated heterocycles. The van der Waals surface area contributed by atoms with Gasteiger partial charge in [0.1, 0.15) is 6.10 Å². The minimum Gasteiger partial charge on any atom is -0.384 e. The van der Waals surface area contributed by atoms with Crippen LogP contribution in [0.25, 0.3) is 0 Å². The molecule has 1 N–H and O–H groups in total. The van der Waals surface area contributed by atoms with Crippen LogP contribution in [-0.4, -0.2) is 11.4 Å². The van der Waals surface area contributed by atoms with Crippen molar-refractivity contribution in [3.8, 4) is 0 Å². The lowest BCUT2D eigenvalue weighted by Gasteiger charge is -2.12. The van der Waals surface area contributed by atoms with Gasteiger partial charge in [-0.3, -0.25) is 0 Å². The highest BCUT2D eigenvalue weighted by atomic mass is 35.5. The van der Waals surface area contributed by atoms with Gasteiger partial charge >= 0.3 is 0 Å². The number of hydrogen-bond acceptors (Lipinski definition) is 2. The van der Waals surface area contributed by atoms with Crippen LogP contribution in [0, 0.1) is 0 Å². The van der Waals surface area contributed by atoms with E-state index in [4.69, 9.17) is 23.2 Å². The van der Waals surface area contributed by atoms with Crippen LogP contribution in [0.3, 0.4) is 0 Å². The molecule has 1 atom stereocenters. The van der Waals surface area contributed by atoms with Crippen molar-refractivity contribution in [2.24, 2.45) is 0 Å². The van der Waals surface area contributed by atoms with Gasteiger partial charge in [-0.2, -0.15) is 0 Å². The first-order valence-electron chi connectivity index (χ1n) is 5.39. The monoisotopic (exact) mass is 298 g/mol. The Kier molecular flexibility index (Phi) is 4.57. The number of hydrogen-bond donors (Lipinski definition) is 1. The number of aliphatic hydroxyl groups is 1. The molecule has 2 aromatic rings. The highest BCUT2D eigenvalue weighted by Crippen LogP contribution is 2.29. The second-order valence-corrected chi connectivity index (χ2v) is 5.54. The van der Waals surface area contributed by atoms with Gasteiger partial charge in [0, 0.05) is 4.90 Å². The summed E-state index contributed by atoms with van der Waals surface area (Å²) in [6.45, 7) is 0. The van der Waals surface area contributed by atoms with Crippen LogP contribution in [0.5, 0.6) is 0 Å². The van der Waals surface area contributed by atoms with Crippen molar-refractivity contribution < 1.29 is 5.11 Å². The lowest BCUT2D eigenvalue weighted by atomic mass is 10.0. The summed E-state index contributed by atoms with van der Waals surface area (Å²) in [5.74, 6) is 0. The van der Waals surface area contributed by atoms with E-state index < -0.39 is 6.10 Å². The third kappa shape index (κ3) is 3.01. The van der Waals surface area contributed by atoms with Crippen LogP contribution in [0.2, 0.25) is 10.0 Å². The molecule has 0 aliphatic rings. The fraction of sp³-hybridized carbons (Fsp3) is 0.143. The summed E-state index contributed by atoms with van der Waals surface area (Å²) in [4.78, 5) is 1.17. The molecule has 1 nitrogen and oxygen atoms in total. The zero-order chi connectivity index (χ0) is 13.1. The maximum atomic E-state index is 10.3. The Balaban J connectivity index is 2.28. The molecule has 2 rings (SSSR count). The molecule has 4 heteroatoms. The third-order valence-electron chi connectivity index (χ3n) is 2.69. The Morgan fingerprint density at radius 2 is 1.56 bits per heavy atom. The number of halogens is 2. The Morgan fingerprint density at radius 3 is 2.11 bits per heavy atom. The van der Waals surface area contributed by atoms with Crippen molar-refractivity contribution >= 4 is 35.0 Å². The SMILES string of the molecule is CSc1ccc(C(O)c2ccc(Cl)c(Cl)c2)cc1. The van der Waals surface area contributed by atoms with Crippen LogP contribution in [0.4, 0.5) is 0 Å². The van der Waals surface area contributed by atoms with Crippen molar-refractivity contribution in [1.29, 1.82) is 0 Å². The summed E-state index contributed by atoms with van der Waals surface area (Å²) in [6, 6.07) is 13.0. The minimum atomic E-state index is -0.685. The average Bonchev–Trinajstić information content (AvgIpc) is 2.41. The molecule has 94 valence electrons. The first kappa shape index (κ1) is 13.8. The Morgan fingerprint density at radius 1 is 0.944 bits per heavy atom. The van der Waals surface area contributed by atoms with Gasteiger partial charge in [0.05, 0.1) is 10.0 Å². The van der Waals surface area contributed by atoms with Crippen molar-refractivity contribution in [1.82, 2.24) is 0 Å². The van der Waals surface area contributed by atoms with Crippen LogP contribution >= 0.6 is 35.0 Å². The Bertz CT molecular complexity index is 540. The highest BCUT2D eigenvalue weighted by Gasteiger charge is 2.11. The molecule has 2 aromatic carbocycles. The summed E-state index contributed by atoms with van der Waals surface area (Å²) in [7, 11) is 0. The van der Waals surface area contributed by atoms with Gasteiger partial charge in [0.25, 0.3) is 0 Å². The molecule has 0 saturated carbocycles. The number of benzene rings is 2. The second kappa shape index (κ2) is 5.98. The van der Waals surface area contributed by atoms with Crippen molar-refractivity contribution in [2.75, 3.05) is 6.26 Å². The van der Waals surface area contributed by atoms with E-state index in [1.807, 2.05) is 30.5 Å². The van der Waals surface area contributed by atoms with Gasteiger partial charge in [-0.25, -0.2) is 0 Å². The molecule has 0 aromatic heterocycles. The Labute approximate surface area is 121 Å². The predicted octanol–water partition coefficient (Wildman–Crippen LogP) is 4.80. The average molecular weight is 299 g/mol. The molecule has 0 amide bonds. The Hall–Kier alpha value is -0.670. The van der Waals surface area contributed by atoms with Gasteiger partial charge in [0.15, 0.2) is 0 Å². The summed E-state index contributed by atoms with van der Waals surface area (Å²) in [6.07, 6.45) is 1.33. The zero-order valence-electron chi connectivity index (χ0n) is 9.73. The smallest absolute Gasteiger partial charge is 0.104 e. The van der Waals surface area contributed by atoms with Crippen LogP contribution in [-0.2, 0) is 0 Å². The van der Waals surface area contributed by atoms with Gasteiger partial charge in [-0.15, -0.1) is 11.8 Å².